The number of methoxy groups -OCH3 is 1. The fourth-order valence-corrected chi connectivity index (χ4v) is 2.56. The number of halogens is 1. The molecule has 6 nitrogen and oxygen atoms in total. The molecule has 0 bridgehead atoms. The van der Waals surface area contributed by atoms with Crippen molar-refractivity contribution >= 4 is 34.3 Å². The molecule has 7 heteroatoms. The molecule has 0 saturated heterocycles. The second kappa shape index (κ2) is 7.19. The van der Waals surface area contributed by atoms with Crippen molar-refractivity contribution in [3.05, 3.63) is 70.9 Å². The monoisotopic (exact) mass is 355 g/mol. The first-order valence-electron chi connectivity index (χ1n) is 7.38. The lowest BCUT2D eigenvalue weighted by atomic mass is 10.1. The number of fused-ring (bicyclic) bond motifs is 1. The van der Waals surface area contributed by atoms with E-state index in [1.165, 1.54) is 19.2 Å². The van der Waals surface area contributed by atoms with Crippen molar-refractivity contribution in [1.82, 2.24) is 15.8 Å². The summed E-state index contributed by atoms with van der Waals surface area (Å²) < 4.78 is 5.13. The molecule has 126 valence electrons. The van der Waals surface area contributed by atoms with E-state index in [1.54, 1.807) is 24.4 Å². The Kier molecular flexibility index (Phi) is 4.81. The van der Waals surface area contributed by atoms with Crippen LogP contribution in [-0.2, 0) is 0 Å². The zero-order chi connectivity index (χ0) is 17.8. The van der Waals surface area contributed by atoms with Crippen LogP contribution in [0.5, 0.6) is 5.75 Å². The lowest BCUT2D eigenvalue weighted by Gasteiger charge is -2.11. The lowest BCUT2D eigenvalue weighted by molar-refractivity contribution is 0.0846. The number of pyridine rings is 1. The summed E-state index contributed by atoms with van der Waals surface area (Å²) in [5.41, 5.74) is 6.14. The molecule has 0 aliphatic heterocycles. The van der Waals surface area contributed by atoms with Crippen LogP contribution < -0.4 is 15.6 Å². The van der Waals surface area contributed by atoms with Crippen molar-refractivity contribution in [2.45, 2.75) is 0 Å². The number of benzene rings is 2. The Bertz CT molecular complexity index is 954. The number of hydrogen-bond acceptors (Lipinski definition) is 4. The standard InChI is InChI=1S/C18H14ClN3O3/c1-25-16-10-11(19)6-7-14(16)18(24)22-21-17(23)13-8-9-20-15-5-3-2-4-12(13)15/h2-10H,1H3,(H,21,23)(H,22,24). The van der Waals surface area contributed by atoms with Crippen LogP contribution in [0.3, 0.4) is 0 Å². The number of rotatable bonds is 3. The second-order valence-corrected chi connectivity index (χ2v) is 5.56. The molecule has 0 saturated carbocycles. The first-order valence-corrected chi connectivity index (χ1v) is 7.76. The Labute approximate surface area is 148 Å². The van der Waals surface area contributed by atoms with Gasteiger partial charge < -0.3 is 4.74 Å². The Morgan fingerprint density at radius 2 is 1.72 bits per heavy atom. The van der Waals surface area contributed by atoms with Crippen molar-refractivity contribution in [3.8, 4) is 5.75 Å². The van der Waals surface area contributed by atoms with E-state index >= 15 is 0 Å². The SMILES string of the molecule is COc1cc(Cl)ccc1C(=O)NNC(=O)c1ccnc2ccccc12. The Hall–Kier alpha value is -3.12. The van der Waals surface area contributed by atoms with Crippen molar-refractivity contribution in [2.75, 3.05) is 7.11 Å². The molecule has 0 fully saturated rings. The van der Waals surface area contributed by atoms with Crippen molar-refractivity contribution in [2.24, 2.45) is 0 Å². The van der Waals surface area contributed by atoms with E-state index in [-0.39, 0.29) is 5.56 Å². The van der Waals surface area contributed by atoms with E-state index in [0.717, 1.165) is 0 Å². The van der Waals surface area contributed by atoms with E-state index in [4.69, 9.17) is 16.3 Å². The number of carbonyl (C=O) groups is 2. The first kappa shape index (κ1) is 16.7. The quantitative estimate of drug-likeness (QED) is 0.708. The molecule has 2 aromatic carbocycles. The predicted octanol–water partition coefficient (Wildman–Crippen LogP) is 2.97. The Morgan fingerprint density at radius 3 is 2.48 bits per heavy atom. The summed E-state index contributed by atoms with van der Waals surface area (Å²) in [5, 5.41) is 1.14. The molecule has 0 radical (unpaired) electrons. The molecule has 2 N–H and O–H groups in total. The van der Waals surface area contributed by atoms with Gasteiger partial charge >= 0.3 is 0 Å². The fraction of sp³-hybridized carbons (Fsp3) is 0.0556. The number of para-hydroxylation sites is 1. The van der Waals surface area contributed by atoms with Crippen LogP contribution >= 0.6 is 11.6 Å². The summed E-state index contributed by atoms with van der Waals surface area (Å²) >= 11 is 5.88. The molecule has 0 aliphatic carbocycles. The Balaban J connectivity index is 1.77. The molecule has 1 aromatic heterocycles. The molecule has 3 rings (SSSR count). The van der Waals surface area contributed by atoms with Gasteiger partial charge in [-0.2, -0.15) is 0 Å². The van der Waals surface area contributed by atoms with Gasteiger partial charge in [-0.3, -0.25) is 25.4 Å². The molecular formula is C18H14ClN3O3. The van der Waals surface area contributed by atoms with Crippen LogP contribution in [0.15, 0.2) is 54.7 Å². The number of hydrogen-bond donors (Lipinski definition) is 2. The highest BCUT2D eigenvalue weighted by atomic mass is 35.5. The van der Waals surface area contributed by atoms with Crippen LogP contribution in [-0.4, -0.2) is 23.9 Å². The summed E-state index contributed by atoms with van der Waals surface area (Å²) in [4.78, 5) is 28.9. The highest BCUT2D eigenvalue weighted by molar-refractivity contribution is 6.30. The molecule has 0 unspecified atom stereocenters. The molecule has 25 heavy (non-hydrogen) atoms. The topological polar surface area (TPSA) is 80.3 Å². The van der Waals surface area contributed by atoms with Gasteiger partial charge in [0.2, 0.25) is 0 Å². The minimum atomic E-state index is -0.514. The third-order valence-corrected chi connectivity index (χ3v) is 3.83. The van der Waals surface area contributed by atoms with Crippen LogP contribution in [0, 0.1) is 0 Å². The van der Waals surface area contributed by atoms with E-state index in [0.29, 0.717) is 27.2 Å². The maximum absolute atomic E-state index is 12.4. The van der Waals surface area contributed by atoms with Gasteiger partial charge in [0, 0.05) is 16.6 Å². The average Bonchev–Trinajstić information content (AvgIpc) is 2.65. The van der Waals surface area contributed by atoms with Gasteiger partial charge in [0.15, 0.2) is 0 Å². The molecule has 0 atom stereocenters. The predicted molar refractivity (Wildman–Crippen MR) is 94.7 cm³/mol. The van der Waals surface area contributed by atoms with Crippen LogP contribution in [0.4, 0.5) is 0 Å². The number of nitrogens with zero attached hydrogens (tertiary/aromatic N) is 1. The summed E-state index contributed by atoms with van der Waals surface area (Å²) in [6.07, 6.45) is 1.54. The van der Waals surface area contributed by atoms with Gasteiger partial charge in [-0.25, -0.2) is 0 Å². The summed E-state index contributed by atoms with van der Waals surface area (Å²) in [7, 11) is 1.43. The van der Waals surface area contributed by atoms with Gasteiger partial charge in [0.25, 0.3) is 11.8 Å². The van der Waals surface area contributed by atoms with E-state index in [9.17, 15) is 9.59 Å². The average molecular weight is 356 g/mol. The maximum atomic E-state index is 12.4. The first-order chi connectivity index (χ1) is 12.1. The largest absolute Gasteiger partial charge is 0.496 e. The summed E-state index contributed by atoms with van der Waals surface area (Å²) in [6, 6.07) is 13.5. The lowest BCUT2D eigenvalue weighted by Crippen LogP contribution is -2.41. The highest BCUT2D eigenvalue weighted by Crippen LogP contribution is 2.23. The van der Waals surface area contributed by atoms with E-state index in [1.807, 2.05) is 18.2 Å². The molecule has 0 spiro atoms. The maximum Gasteiger partial charge on any atom is 0.273 e. The van der Waals surface area contributed by atoms with E-state index in [2.05, 4.69) is 15.8 Å². The van der Waals surface area contributed by atoms with Crippen LogP contribution in [0.2, 0.25) is 5.02 Å². The summed E-state index contributed by atoms with van der Waals surface area (Å²) in [5.74, 6) is -0.645. The van der Waals surface area contributed by atoms with Gasteiger partial charge in [-0.15, -0.1) is 0 Å². The number of carbonyl (C=O) groups excluding carboxylic acids is 2. The zero-order valence-electron chi connectivity index (χ0n) is 13.2. The van der Waals surface area contributed by atoms with E-state index < -0.39 is 11.8 Å². The van der Waals surface area contributed by atoms with Gasteiger partial charge in [-0.1, -0.05) is 29.8 Å². The molecule has 0 aliphatic rings. The summed E-state index contributed by atoms with van der Waals surface area (Å²) in [6.45, 7) is 0. The van der Waals surface area contributed by atoms with Crippen LogP contribution in [0.25, 0.3) is 10.9 Å². The van der Waals surface area contributed by atoms with Crippen LogP contribution in [0.1, 0.15) is 20.7 Å². The molecule has 3 aromatic rings. The number of aromatic nitrogens is 1. The van der Waals surface area contributed by atoms with Gasteiger partial charge in [0.05, 0.1) is 23.8 Å². The van der Waals surface area contributed by atoms with Gasteiger partial charge in [-0.05, 0) is 30.3 Å². The third-order valence-electron chi connectivity index (χ3n) is 3.59. The smallest absolute Gasteiger partial charge is 0.273 e. The number of amides is 2. The number of hydrazine groups is 1. The minimum absolute atomic E-state index is 0.256. The number of nitrogens with one attached hydrogen (secondary N) is 2. The third kappa shape index (κ3) is 3.54. The molecular weight excluding hydrogens is 342 g/mol. The highest BCUT2D eigenvalue weighted by Gasteiger charge is 2.15. The van der Waals surface area contributed by atoms with Crippen molar-refractivity contribution in [1.29, 1.82) is 0 Å². The van der Waals surface area contributed by atoms with Gasteiger partial charge in [0.1, 0.15) is 5.75 Å². The normalized spacial score (nSPS) is 10.3. The minimum Gasteiger partial charge on any atom is -0.496 e. The molecule has 2 amide bonds. The Morgan fingerprint density at radius 1 is 1.00 bits per heavy atom. The number of ether oxygens (including phenoxy) is 1. The zero-order valence-corrected chi connectivity index (χ0v) is 14.0. The fourth-order valence-electron chi connectivity index (χ4n) is 2.39. The van der Waals surface area contributed by atoms with Crippen molar-refractivity contribution < 1.29 is 14.3 Å². The second-order valence-electron chi connectivity index (χ2n) is 5.13. The van der Waals surface area contributed by atoms with Crippen molar-refractivity contribution in [3.63, 3.8) is 0 Å². The molecule has 1 heterocycles.